The van der Waals surface area contributed by atoms with Crippen LogP contribution in [0.3, 0.4) is 0 Å². The fourth-order valence-corrected chi connectivity index (χ4v) is 2.15. The minimum absolute atomic E-state index is 0.204. The SMILES string of the molecule is CC1(CN/C(N)=N/c2c(Cl)cccc2Cl)OCCO1. The molecule has 104 valence electrons. The van der Waals surface area contributed by atoms with Crippen LogP contribution in [-0.2, 0) is 9.47 Å². The maximum Gasteiger partial charge on any atom is 0.194 e. The molecule has 0 aliphatic carbocycles. The van der Waals surface area contributed by atoms with Gasteiger partial charge in [0.1, 0.15) is 5.69 Å². The third-order valence-electron chi connectivity index (χ3n) is 2.66. The highest BCUT2D eigenvalue weighted by molar-refractivity contribution is 6.38. The first-order valence-corrected chi connectivity index (χ1v) is 6.56. The van der Waals surface area contributed by atoms with E-state index in [1.165, 1.54) is 0 Å². The molecule has 1 aliphatic rings. The molecule has 19 heavy (non-hydrogen) atoms. The predicted molar refractivity (Wildman–Crippen MR) is 76.1 cm³/mol. The Morgan fingerprint density at radius 2 is 1.95 bits per heavy atom. The number of nitrogens with two attached hydrogens (primary N) is 1. The zero-order valence-electron chi connectivity index (χ0n) is 10.5. The lowest BCUT2D eigenvalue weighted by Crippen LogP contribution is -2.44. The third kappa shape index (κ3) is 3.73. The van der Waals surface area contributed by atoms with E-state index >= 15 is 0 Å². The molecule has 0 unspecified atom stereocenters. The number of halogens is 2. The number of para-hydroxylation sites is 1. The highest BCUT2D eigenvalue weighted by atomic mass is 35.5. The van der Waals surface area contributed by atoms with Gasteiger partial charge in [-0.05, 0) is 19.1 Å². The standard InChI is InChI=1S/C12H15Cl2N3O2/c1-12(18-5-6-19-12)7-16-11(15)17-10-8(13)3-2-4-9(10)14/h2-4H,5-7H2,1H3,(H3,15,16,17). The fraction of sp³-hybridized carbons (Fsp3) is 0.417. The number of rotatable bonds is 3. The molecular weight excluding hydrogens is 289 g/mol. The summed E-state index contributed by atoms with van der Waals surface area (Å²) < 4.78 is 10.9. The topological polar surface area (TPSA) is 68.9 Å². The number of benzene rings is 1. The lowest BCUT2D eigenvalue weighted by Gasteiger charge is -2.22. The molecule has 1 fully saturated rings. The van der Waals surface area contributed by atoms with Crippen LogP contribution in [0.2, 0.25) is 10.0 Å². The molecule has 1 heterocycles. The molecule has 0 saturated carbocycles. The van der Waals surface area contributed by atoms with Crippen LogP contribution < -0.4 is 11.1 Å². The van der Waals surface area contributed by atoms with Gasteiger partial charge in [-0.15, -0.1) is 0 Å². The first-order chi connectivity index (χ1) is 9.00. The number of guanidine groups is 1. The van der Waals surface area contributed by atoms with E-state index in [1.807, 2.05) is 6.92 Å². The van der Waals surface area contributed by atoms with Crippen molar-refractivity contribution in [2.24, 2.45) is 10.7 Å². The number of nitrogens with one attached hydrogen (secondary N) is 1. The molecular formula is C12H15Cl2N3O2. The number of nitrogens with zero attached hydrogens (tertiary/aromatic N) is 1. The second-order valence-corrected chi connectivity index (χ2v) is 5.07. The summed E-state index contributed by atoms with van der Waals surface area (Å²) in [4.78, 5) is 4.16. The van der Waals surface area contributed by atoms with Crippen molar-refractivity contribution >= 4 is 34.8 Å². The fourth-order valence-electron chi connectivity index (χ4n) is 1.67. The van der Waals surface area contributed by atoms with Gasteiger partial charge in [-0.25, -0.2) is 4.99 Å². The quantitative estimate of drug-likeness (QED) is 0.664. The van der Waals surface area contributed by atoms with Crippen molar-refractivity contribution < 1.29 is 9.47 Å². The van der Waals surface area contributed by atoms with E-state index in [0.717, 1.165) is 0 Å². The summed E-state index contributed by atoms with van der Waals surface area (Å²) in [5, 5.41) is 3.81. The Balaban J connectivity index is 2.03. The number of hydrogen-bond donors (Lipinski definition) is 2. The van der Waals surface area contributed by atoms with Gasteiger partial charge in [0.25, 0.3) is 0 Å². The third-order valence-corrected chi connectivity index (χ3v) is 3.27. The normalized spacial score (nSPS) is 18.6. The smallest absolute Gasteiger partial charge is 0.194 e. The Bertz CT molecular complexity index is 468. The van der Waals surface area contributed by atoms with Gasteiger partial charge in [-0.1, -0.05) is 29.3 Å². The molecule has 0 radical (unpaired) electrons. The molecule has 0 aromatic heterocycles. The Morgan fingerprint density at radius 3 is 2.53 bits per heavy atom. The van der Waals surface area contributed by atoms with Crippen LogP contribution in [-0.4, -0.2) is 31.5 Å². The highest BCUT2D eigenvalue weighted by Gasteiger charge is 2.30. The van der Waals surface area contributed by atoms with Gasteiger partial charge in [0.05, 0.1) is 29.8 Å². The summed E-state index contributed by atoms with van der Waals surface area (Å²) in [7, 11) is 0. The molecule has 3 N–H and O–H groups in total. The van der Waals surface area contributed by atoms with Crippen LogP contribution in [0.25, 0.3) is 0 Å². The summed E-state index contributed by atoms with van der Waals surface area (Å²) >= 11 is 12.0. The highest BCUT2D eigenvalue weighted by Crippen LogP contribution is 2.32. The number of hydrogen-bond acceptors (Lipinski definition) is 3. The molecule has 7 heteroatoms. The predicted octanol–water partition coefficient (Wildman–Crippen LogP) is 2.29. The molecule has 5 nitrogen and oxygen atoms in total. The van der Waals surface area contributed by atoms with Gasteiger partial charge < -0.3 is 20.5 Å². The molecule has 0 atom stereocenters. The molecule has 1 aliphatic heterocycles. The van der Waals surface area contributed by atoms with Crippen molar-refractivity contribution in [3.05, 3.63) is 28.2 Å². The van der Waals surface area contributed by atoms with Gasteiger partial charge in [0, 0.05) is 0 Å². The lowest BCUT2D eigenvalue weighted by molar-refractivity contribution is -0.135. The summed E-state index contributed by atoms with van der Waals surface area (Å²) in [5.41, 5.74) is 6.23. The zero-order valence-corrected chi connectivity index (χ0v) is 12.0. The Hall–Kier alpha value is -1.01. The number of ether oxygens (including phenoxy) is 2. The van der Waals surface area contributed by atoms with Crippen LogP contribution in [0.5, 0.6) is 0 Å². The van der Waals surface area contributed by atoms with E-state index in [0.29, 0.717) is 35.5 Å². The Labute approximate surface area is 121 Å². The monoisotopic (exact) mass is 303 g/mol. The van der Waals surface area contributed by atoms with Crippen molar-refractivity contribution in [1.82, 2.24) is 5.32 Å². The Kier molecular flexibility index (Phi) is 4.52. The van der Waals surface area contributed by atoms with Gasteiger partial charge >= 0.3 is 0 Å². The maximum absolute atomic E-state index is 6.00. The van der Waals surface area contributed by atoms with Crippen molar-refractivity contribution in [2.45, 2.75) is 12.7 Å². The molecule has 2 rings (SSSR count). The van der Waals surface area contributed by atoms with E-state index in [2.05, 4.69) is 10.3 Å². The Morgan fingerprint density at radius 1 is 1.37 bits per heavy atom. The molecule has 1 aromatic carbocycles. The lowest BCUT2D eigenvalue weighted by atomic mass is 10.3. The average molecular weight is 304 g/mol. The number of aliphatic imine (C=N–C) groups is 1. The maximum atomic E-state index is 6.00. The molecule has 0 spiro atoms. The van der Waals surface area contributed by atoms with Gasteiger partial charge in [0.2, 0.25) is 0 Å². The van der Waals surface area contributed by atoms with E-state index in [9.17, 15) is 0 Å². The average Bonchev–Trinajstić information content (AvgIpc) is 2.79. The largest absolute Gasteiger partial charge is 0.370 e. The summed E-state index contributed by atoms with van der Waals surface area (Å²) in [6.45, 7) is 3.38. The second kappa shape index (κ2) is 5.96. The van der Waals surface area contributed by atoms with Crippen LogP contribution in [0.4, 0.5) is 5.69 Å². The minimum Gasteiger partial charge on any atom is -0.370 e. The minimum atomic E-state index is -0.676. The molecule has 0 amide bonds. The van der Waals surface area contributed by atoms with E-state index in [1.54, 1.807) is 18.2 Å². The van der Waals surface area contributed by atoms with Crippen LogP contribution in [0, 0.1) is 0 Å². The summed E-state index contributed by atoms with van der Waals surface area (Å²) in [6, 6.07) is 5.14. The van der Waals surface area contributed by atoms with Crippen LogP contribution in [0.1, 0.15) is 6.92 Å². The van der Waals surface area contributed by atoms with Crippen molar-refractivity contribution in [2.75, 3.05) is 19.8 Å². The molecule has 1 aromatic rings. The molecule has 1 saturated heterocycles. The van der Waals surface area contributed by atoms with E-state index in [-0.39, 0.29) is 5.96 Å². The van der Waals surface area contributed by atoms with Gasteiger partial charge in [-0.3, -0.25) is 0 Å². The van der Waals surface area contributed by atoms with Gasteiger partial charge in [0.15, 0.2) is 11.7 Å². The second-order valence-electron chi connectivity index (χ2n) is 4.25. The summed E-state index contributed by atoms with van der Waals surface area (Å²) in [5.74, 6) is -0.472. The molecule has 0 bridgehead atoms. The van der Waals surface area contributed by atoms with E-state index in [4.69, 9.17) is 38.4 Å². The van der Waals surface area contributed by atoms with Gasteiger partial charge in [-0.2, -0.15) is 0 Å². The van der Waals surface area contributed by atoms with Crippen molar-refractivity contribution in [3.8, 4) is 0 Å². The first kappa shape index (κ1) is 14.4. The zero-order chi connectivity index (χ0) is 13.9. The van der Waals surface area contributed by atoms with E-state index < -0.39 is 5.79 Å². The summed E-state index contributed by atoms with van der Waals surface area (Å²) in [6.07, 6.45) is 0. The van der Waals surface area contributed by atoms with Crippen molar-refractivity contribution in [3.63, 3.8) is 0 Å². The van der Waals surface area contributed by atoms with Crippen molar-refractivity contribution in [1.29, 1.82) is 0 Å². The van der Waals surface area contributed by atoms with Crippen LogP contribution >= 0.6 is 23.2 Å². The first-order valence-electron chi connectivity index (χ1n) is 5.80. The van der Waals surface area contributed by atoms with Crippen LogP contribution in [0.15, 0.2) is 23.2 Å².